The predicted molar refractivity (Wildman–Crippen MR) is 59.8 cm³/mol. The molecule has 1 unspecified atom stereocenters. The third-order valence-electron chi connectivity index (χ3n) is 2.16. The fourth-order valence-corrected chi connectivity index (χ4v) is 2.23. The first-order valence-electron chi connectivity index (χ1n) is 4.77. The van der Waals surface area contributed by atoms with Gasteiger partial charge in [-0.3, -0.25) is 0 Å². The number of halogens is 1. The number of benzene rings is 1. The Morgan fingerprint density at radius 3 is 3.06 bits per heavy atom. The molecule has 1 saturated heterocycles. The van der Waals surface area contributed by atoms with Crippen molar-refractivity contribution in [3.05, 3.63) is 24.0 Å². The topological polar surface area (TPSA) is 64.3 Å². The van der Waals surface area contributed by atoms with Gasteiger partial charge >= 0.3 is 6.09 Å². The monoisotopic (exact) mass is 242 g/mol. The molecule has 1 aromatic carbocycles. The number of alkyl carbamates (subject to hydrolysis) is 1. The number of nitrogens with two attached hydrogens (primary N) is 1. The summed E-state index contributed by atoms with van der Waals surface area (Å²) in [6.45, 7) is 0.503. The summed E-state index contributed by atoms with van der Waals surface area (Å²) in [5.74, 6) is 0.175. The van der Waals surface area contributed by atoms with Crippen LogP contribution in [0.2, 0.25) is 0 Å². The van der Waals surface area contributed by atoms with Crippen LogP contribution in [0.1, 0.15) is 0 Å². The summed E-state index contributed by atoms with van der Waals surface area (Å²) < 4.78 is 18.1. The fraction of sp³-hybridized carbons (Fsp3) is 0.300. The molecular weight excluding hydrogens is 231 g/mol. The second-order valence-corrected chi connectivity index (χ2v) is 4.50. The number of hydrogen-bond acceptors (Lipinski definition) is 4. The van der Waals surface area contributed by atoms with Gasteiger partial charge in [0.15, 0.2) is 0 Å². The third-order valence-corrected chi connectivity index (χ3v) is 3.28. The molecule has 0 aromatic heterocycles. The summed E-state index contributed by atoms with van der Waals surface area (Å²) in [6, 6.07) is 4.65. The standard InChI is InChI=1S/C10H11FN2O2S/c11-8-3-7(1-2-9(8)12)16-5-6-4-13-10(14)15-6/h1-3,6H,4-5,12H2,(H,13,14). The number of nitrogens with one attached hydrogen (secondary N) is 1. The number of cyclic esters (lactones) is 1. The number of anilines is 1. The van der Waals surface area contributed by atoms with Gasteiger partial charge in [-0.1, -0.05) is 0 Å². The molecule has 1 atom stereocenters. The molecule has 0 bridgehead atoms. The van der Waals surface area contributed by atoms with E-state index in [0.29, 0.717) is 12.3 Å². The van der Waals surface area contributed by atoms with Gasteiger partial charge in [0.25, 0.3) is 0 Å². The number of rotatable bonds is 3. The van der Waals surface area contributed by atoms with E-state index in [2.05, 4.69) is 5.32 Å². The van der Waals surface area contributed by atoms with E-state index in [1.165, 1.54) is 23.9 Å². The minimum Gasteiger partial charge on any atom is -0.443 e. The molecule has 6 heteroatoms. The molecule has 1 aromatic rings. The summed E-state index contributed by atoms with van der Waals surface area (Å²) in [4.78, 5) is 11.5. The number of nitrogen functional groups attached to an aromatic ring is 1. The molecule has 0 saturated carbocycles. The van der Waals surface area contributed by atoms with Gasteiger partial charge in [0.1, 0.15) is 11.9 Å². The molecule has 1 fully saturated rings. The predicted octanol–water partition coefficient (Wildman–Crippen LogP) is 1.61. The van der Waals surface area contributed by atoms with E-state index in [1.54, 1.807) is 6.07 Å². The van der Waals surface area contributed by atoms with Crippen molar-refractivity contribution >= 4 is 23.5 Å². The van der Waals surface area contributed by atoms with Gasteiger partial charge in [-0.25, -0.2) is 9.18 Å². The van der Waals surface area contributed by atoms with Crippen LogP contribution in [0.15, 0.2) is 23.1 Å². The van der Waals surface area contributed by atoms with E-state index in [-0.39, 0.29) is 11.8 Å². The zero-order valence-corrected chi connectivity index (χ0v) is 9.22. The molecule has 0 spiro atoms. The van der Waals surface area contributed by atoms with E-state index in [4.69, 9.17) is 10.5 Å². The first kappa shape index (κ1) is 11.1. The first-order chi connectivity index (χ1) is 7.65. The Bertz CT molecular complexity index is 414. The van der Waals surface area contributed by atoms with Gasteiger partial charge in [0.2, 0.25) is 0 Å². The summed E-state index contributed by atoms with van der Waals surface area (Å²) in [5, 5.41) is 2.56. The first-order valence-corrected chi connectivity index (χ1v) is 5.76. The smallest absolute Gasteiger partial charge is 0.407 e. The van der Waals surface area contributed by atoms with Gasteiger partial charge in [0, 0.05) is 10.6 Å². The maximum atomic E-state index is 13.1. The maximum Gasteiger partial charge on any atom is 0.407 e. The van der Waals surface area contributed by atoms with Crippen LogP contribution in [0.25, 0.3) is 0 Å². The van der Waals surface area contributed by atoms with Crippen LogP contribution in [-0.2, 0) is 4.74 Å². The van der Waals surface area contributed by atoms with Gasteiger partial charge in [-0.15, -0.1) is 11.8 Å². The van der Waals surface area contributed by atoms with Crippen LogP contribution in [0, 0.1) is 5.82 Å². The average Bonchev–Trinajstić information content (AvgIpc) is 2.66. The lowest BCUT2D eigenvalue weighted by atomic mass is 10.3. The summed E-state index contributed by atoms with van der Waals surface area (Å²) in [5.41, 5.74) is 5.50. The van der Waals surface area contributed by atoms with Crippen molar-refractivity contribution in [2.24, 2.45) is 0 Å². The van der Waals surface area contributed by atoms with Crippen molar-refractivity contribution < 1.29 is 13.9 Å². The molecule has 1 aliphatic rings. The zero-order valence-electron chi connectivity index (χ0n) is 8.40. The molecule has 2 rings (SSSR count). The number of carbonyl (C=O) groups excluding carboxylic acids is 1. The maximum absolute atomic E-state index is 13.1. The highest BCUT2D eigenvalue weighted by atomic mass is 32.2. The van der Waals surface area contributed by atoms with Crippen LogP contribution in [0.3, 0.4) is 0 Å². The Labute approximate surface area is 96.3 Å². The van der Waals surface area contributed by atoms with Crippen molar-refractivity contribution in [3.63, 3.8) is 0 Å². The van der Waals surface area contributed by atoms with E-state index in [9.17, 15) is 9.18 Å². The van der Waals surface area contributed by atoms with Gasteiger partial charge < -0.3 is 15.8 Å². The Morgan fingerprint density at radius 1 is 1.62 bits per heavy atom. The van der Waals surface area contributed by atoms with Crippen LogP contribution in [0.5, 0.6) is 0 Å². The van der Waals surface area contributed by atoms with Gasteiger partial charge in [-0.2, -0.15) is 0 Å². The van der Waals surface area contributed by atoms with Crippen molar-refractivity contribution in [3.8, 4) is 0 Å². The summed E-state index contributed by atoms with van der Waals surface area (Å²) in [6.07, 6.45) is -0.549. The fourth-order valence-electron chi connectivity index (χ4n) is 1.31. The van der Waals surface area contributed by atoms with Crippen molar-refractivity contribution in [1.29, 1.82) is 0 Å². The molecule has 1 aliphatic heterocycles. The molecule has 3 N–H and O–H groups in total. The minimum atomic E-state index is -0.424. The molecular formula is C10H11FN2O2S. The molecule has 86 valence electrons. The Kier molecular flexibility index (Phi) is 3.19. The highest BCUT2D eigenvalue weighted by Crippen LogP contribution is 2.23. The van der Waals surface area contributed by atoms with Gasteiger partial charge in [0.05, 0.1) is 12.2 Å². The van der Waals surface area contributed by atoms with E-state index in [0.717, 1.165) is 4.90 Å². The minimum absolute atomic E-state index is 0.137. The molecule has 16 heavy (non-hydrogen) atoms. The molecule has 1 heterocycles. The summed E-state index contributed by atoms with van der Waals surface area (Å²) in [7, 11) is 0. The lowest BCUT2D eigenvalue weighted by molar-refractivity contribution is 0.150. The number of amides is 1. The Hall–Kier alpha value is -1.43. The van der Waals surface area contributed by atoms with E-state index >= 15 is 0 Å². The molecule has 1 amide bonds. The number of thioether (sulfide) groups is 1. The normalized spacial score (nSPS) is 19.3. The molecule has 0 radical (unpaired) electrons. The largest absolute Gasteiger partial charge is 0.443 e. The summed E-state index contributed by atoms with van der Waals surface area (Å²) >= 11 is 1.43. The quantitative estimate of drug-likeness (QED) is 0.624. The van der Waals surface area contributed by atoms with Crippen LogP contribution < -0.4 is 11.1 Å². The van der Waals surface area contributed by atoms with Crippen molar-refractivity contribution in [2.75, 3.05) is 18.0 Å². The molecule has 0 aliphatic carbocycles. The van der Waals surface area contributed by atoms with E-state index in [1.807, 2.05) is 0 Å². The van der Waals surface area contributed by atoms with Crippen LogP contribution in [0.4, 0.5) is 14.9 Å². The average molecular weight is 242 g/mol. The van der Waals surface area contributed by atoms with Crippen LogP contribution in [-0.4, -0.2) is 24.5 Å². The highest BCUT2D eigenvalue weighted by Gasteiger charge is 2.22. The van der Waals surface area contributed by atoms with E-state index < -0.39 is 11.9 Å². The number of carbonyl (C=O) groups is 1. The van der Waals surface area contributed by atoms with Crippen LogP contribution >= 0.6 is 11.8 Å². The second-order valence-electron chi connectivity index (χ2n) is 3.40. The lowest BCUT2D eigenvalue weighted by Gasteiger charge is -2.07. The number of ether oxygens (including phenoxy) is 1. The van der Waals surface area contributed by atoms with Gasteiger partial charge in [-0.05, 0) is 18.2 Å². The second kappa shape index (κ2) is 4.61. The zero-order chi connectivity index (χ0) is 11.5. The number of hydrogen-bond donors (Lipinski definition) is 2. The van der Waals surface area contributed by atoms with Crippen molar-refractivity contribution in [2.45, 2.75) is 11.0 Å². The lowest BCUT2D eigenvalue weighted by Crippen LogP contribution is -2.16. The Morgan fingerprint density at radius 2 is 2.44 bits per heavy atom. The SMILES string of the molecule is Nc1ccc(SCC2CNC(=O)O2)cc1F. The molecule has 4 nitrogen and oxygen atoms in total. The Balaban J connectivity index is 1.89. The van der Waals surface area contributed by atoms with Crippen molar-refractivity contribution in [1.82, 2.24) is 5.32 Å². The highest BCUT2D eigenvalue weighted by molar-refractivity contribution is 7.99. The third kappa shape index (κ3) is 2.57.